The lowest BCUT2D eigenvalue weighted by Crippen LogP contribution is -2.30. The van der Waals surface area contributed by atoms with Gasteiger partial charge in [0.05, 0.1) is 6.26 Å². The Morgan fingerprint density at radius 2 is 1.77 bits per heavy atom. The van der Waals surface area contributed by atoms with E-state index in [1.165, 1.54) is 0 Å². The Balaban J connectivity index is 1.84. The Kier molecular flexibility index (Phi) is 6.79. The molecule has 1 heterocycles. The highest BCUT2D eigenvalue weighted by molar-refractivity contribution is 7.89. The van der Waals surface area contributed by atoms with Gasteiger partial charge in [-0.05, 0) is 36.6 Å². The number of oxazole rings is 1. The number of aromatic nitrogens is 1. The van der Waals surface area contributed by atoms with Crippen LogP contribution in [0, 0.1) is 6.92 Å². The second-order valence-electron chi connectivity index (χ2n) is 6.89. The first-order valence-corrected chi connectivity index (χ1v) is 11.5. The Hall–Kier alpha value is -2.84. The Labute approximate surface area is 180 Å². The molecule has 0 aliphatic rings. The number of halogens is 1. The highest BCUT2D eigenvalue weighted by atomic mass is 35.5. The molecule has 0 saturated carbocycles. The van der Waals surface area contributed by atoms with E-state index in [2.05, 4.69) is 4.98 Å². The predicted molar refractivity (Wildman–Crippen MR) is 116 cm³/mol. The van der Waals surface area contributed by atoms with Gasteiger partial charge in [-0.3, -0.25) is 4.79 Å². The third kappa shape index (κ3) is 6.08. The molecule has 0 radical (unpaired) electrons. The van der Waals surface area contributed by atoms with Gasteiger partial charge in [0.15, 0.2) is 5.69 Å². The van der Waals surface area contributed by atoms with Crippen LogP contribution in [0.1, 0.15) is 27.4 Å². The Morgan fingerprint density at radius 3 is 2.40 bits per heavy atom. The number of rotatable bonds is 8. The van der Waals surface area contributed by atoms with Crippen LogP contribution in [-0.4, -0.2) is 32.1 Å². The van der Waals surface area contributed by atoms with Gasteiger partial charge in [0.25, 0.3) is 11.9 Å². The summed E-state index contributed by atoms with van der Waals surface area (Å²) >= 11 is 5.96. The third-order valence-electron chi connectivity index (χ3n) is 4.35. The molecule has 1 amide bonds. The molecule has 9 heteroatoms. The molecule has 30 heavy (non-hydrogen) atoms. The van der Waals surface area contributed by atoms with Crippen LogP contribution in [0.3, 0.4) is 0 Å². The van der Waals surface area contributed by atoms with Crippen molar-refractivity contribution in [2.45, 2.75) is 19.9 Å². The van der Waals surface area contributed by atoms with Gasteiger partial charge in [0.1, 0.15) is 5.76 Å². The summed E-state index contributed by atoms with van der Waals surface area (Å²) < 4.78 is 30.4. The van der Waals surface area contributed by atoms with E-state index in [-0.39, 0.29) is 17.5 Å². The quantitative estimate of drug-likeness (QED) is 0.567. The van der Waals surface area contributed by atoms with Crippen LogP contribution in [0.5, 0.6) is 0 Å². The molecule has 0 atom stereocenters. The minimum Gasteiger partial charge on any atom is -0.428 e. The van der Waals surface area contributed by atoms with Crippen LogP contribution < -0.4 is 9.62 Å². The number of nitrogens with zero attached hydrogens (tertiary/aromatic N) is 2. The number of sulfonamides is 1. The van der Waals surface area contributed by atoms with E-state index in [0.29, 0.717) is 24.5 Å². The minimum atomic E-state index is -3.70. The van der Waals surface area contributed by atoms with Crippen LogP contribution >= 0.6 is 11.6 Å². The fourth-order valence-electron chi connectivity index (χ4n) is 2.91. The van der Waals surface area contributed by atoms with E-state index in [1.807, 2.05) is 64.2 Å². The van der Waals surface area contributed by atoms with Gasteiger partial charge in [0, 0.05) is 18.1 Å². The number of hydrogen-bond acceptors (Lipinski definition) is 6. The molecule has 2 aromatic carbocycles. The van der Waals surface area contributed by atoms with E-state index in [0.717, 1.165) is 17.4 Å². The number of anilines is 1. The van der Waals surface area contributed by atoms with Crippen molar-refractivity contribution in [2.24, 2.45) is 0 Å². The maximum Gasteiger partial charge on any atom is 0.298 e. The molecule has 1 aromatic heterocycles. The minimum absolute atomic E-state index is 0.0556. The van der Waals surface area contributed by atoms with Gasteiger partial charge < -0.3 is 9.32 Å². The summed E-state index contributed by atoms with van der Waals surface area (Å²) in [6.45, 7) is 2.67. The van der Waals surface area contributed by atoms with Crippen LogP contribution in [0.25, 0.3) is 0 Å². The standard InChI is InChI=1S/C21H22ClN3O4S/c1-15-19(20(26)24-30(2,27)28)23-21(29-15)25(14-17-6-4-3-5-7-17)13-12-16-8-10-18(22)11-9-16/h3-11H,12-14H2,1-2H3,(H,24,26). The first-order valence-electron chi connectivity index (χ1n) is 9.24. The van der Waals surface area contributed by atoms with Crippen molar-refractivity contribution in [3.05, 3.63) is 82.2 Å². The van der Waals surface area contributed by atoms with Crippen LogP contribution in [-0.2, 0) is 23.0 Å². The zero-order chi connectivity index (χ0) is 21.7. The SMILES string of the molecule is Cc1oc(N(CCc2ccc(Cl)cc2)Cc2ccccc2)nc1C(=O)NS(C)(=O)=O. The maximum absolute atomic E-state index is 12.2. The maximum atomic E-state index is 12.2. The fourth-order valence-corrected chi connectivity index (χ4v) is 3.47. The molecule has 0 bridgehead atoms. The molecule has 0 unspecified atom stereocenters. The summed E-state index contributed by atoms with van der Waals surface area (Å²) in [5, 5.41) is 0.671. The summed E-state index contributed by atoms with van der Waals surface area (Å²) in [7, 11) is -3.70. The van der Waals surface area contributed by atoms with E-state index in [4.69, 9.17) is 16.0 Å². The second-order valence-corrected chi connectivity index (χ2v) is 9.07. The van der Waals surface area contributed by atoms with Gasteiger partial charge in [-0.15, -0.1) is 0 Å². The van der Waals surface area contributed by atoms with Gasteiger partial charge in [-0.25, -0.2) is 13.1 Å². The number of aryl methyl sites for hydroxylation is 1. The number of amides is 1. The number of hydrogen-bond donors (Lipinski definition) is 1. The summed E-state index contributed by atoms with van der Waals surface area (Å²) in [5.41, 5.74) is 2.09. The molecule has 0 aliphatic heterocycles. The van der Waals surface area contributed by atoms with Gasteiger partial charge in [0.2, 0.25) is 10.0 Å². The molecule has 1 N–H and O–H groups in total. The monoisotopic (exact) mass is 447 g/mol. The first-order chi connectivity index (χ1) is 14.2. The smallest absolute Gasteiger partial charge is 0.298 e. The first kappa shape index (κ1) is 21.9. The van der Waals surface area contributed by atoms with Crippen molar-refractivity contribution in [1.82, 2.24) is 9.71 Å². The van der Waals surface area contributed by atoms with Crippen molar-refractivity contribution in [2.75, 3.05) is 17.7 Å². The topological polar surface area (TPSA) is 92.5 Å². The lowest BCUT2D eigenvalue weighted by atomic mass is 10.1. The zero-order valence-electron chi connectivity index (χ0n) is 16.6. The molecule has 0 aliphatic carbocycles. The molecule has 7 nitrogen and oxygen atoms in total. The summed E-state index contributed by atoms with van der Waals surface area (Å²) in [6, 6.07) is 17.6. The highest BCUT2D eigenvalue weighted by Gasteiger charge is 2.23. The molecule has 0 spiro atoms. The van der Waals surface area contributed by atoms with Gasteiger partial charge in [-0.1, -0.05) is 54.1 Å². The van der Waals surface area contributed by atoms with Crippen molar-refractivity contribution in [3.8, 4) is 0 Å². The molecule has 0 fully saturated rings. The van der Waals surface area contributed by atoms with E-state index in [9.17, 15) is 13.2 Å². The summed E-state index contributed by atoms with van der Waals surface area (Å²) in [5.74, 6) is -0.571. The van der Waals surface area contributed by atoms with Crippen molar-refractivity contribution >= 4 is 33.5 Å². The van der Waals surface area contributed by atoms with Crippen molar-refractivity contribution < 1.29 is 17.6 Å². The van der Waals surface area contributed by atoms with Crippen molar-refractivity contribution in [1.29, 1.82) is 0 Å². The molecule has 3 aromatic rings. The molecule has 0 saturated heterocycles. The molecule has 158 valence electrons. The third-order valence-corrected chi connectivity index (χ3v) is 5.16. The van der Waals surface area contributed by atoms with Gasteiger partial charge >= 0.3 is 0 Å². The largest absolute Gasteiger partial charge is 0.428 e. The summed E-state index contributed by atoms with van der Waals surface area (Å²) in [4.78, 5) is 18.4. The van der Waals surface area contributed by atoms with Crippen LogP contribution in [0.15, 0.2) is 59.0 Å². The number of carbonyl (C=O) groups excluding carboxylic acids is 1. The zero-order valence-corrected chi connectivity index (χ0v) is 18.2. The van der Waals surface area contributed by atoms with E-state index >= 15 is 0 Å². The highest BCUT2D eigenvalue weighted by Crippen LogP contribution is 2.22. The average molecular weight is 448 g/mol. The second kappa shape index (κ2) is 9.32. The normalized spacial score (nSPS) is 11.3. The summed E-state index contributed by atoms with van der Waals surface area (Å²) in [6.07, 6.45) is 1.62. The Bertz CT molecular complexity index is 1110. The fraction of sp³-hybridized carbons (Fsp3) is 0.238. The molecular weight excluding hydrogens is 426 g/mol. The lowest BCUT2D eigenvalue weighted by molar-refractivity contribution is 0.0976. The average Bonchev–Trinajstić information content (AvgIpc) is 3.08. The van der Waals surface area contributed by atoms with Crippen LogP contribution in [0.2, 0.25) is 5.02 Å². The predicted octanol–water partition coefficient (Wildman–Crippen LogP) is 3.58. The van der Waals surface area contributed by atoms with Gasteiger partial charge in [-0.2, -0.15) is 4.98 Å². The van der Waals surface area contributed by atoms with Crippen molar-refractivity contribution in [3.63, 3.8) is 0 Å². The van der Waals surface area contributed by atoms with E-state index in [1.54, 1.807) is 6.92 Å². The Morgan fingerprint density at radius 1 is 1.10 bits per heavy atom. The molecule has 3 rings (SSSR count). The van der Waals surface area contributed by atoms with Crippen LogP contribution in [0.4, 0.5) is 6.01 Å². The number of benzene rings is 2. The van der Waals surface area contributed by atoms with E-state index < -0.39 is 15.9 Å². The molecular formula is C21H22ClN3O4S. The lowest BCUT2D eigenvalue weighted by Gasteiger charge is -2.21. The number of carbonyl (C=O) groups is 1. The number of nitrogens with one attached hydrogen (secondary N) is 1.